The lowest BCUT2D eigenvalue weighted by atomic mass is 10.1. The SMILES string of the molecule is NC(=S)CCN(C(=O)Cc1ccccc1)C1CC1. The first-order chi connectivity index (χ1) is 8.66. The highest BCUT2D eigenvalue weighted by atomic mass is 32.1. The van der Waals surface area contributed by atoms with Crippen molar-refractivity contribution >= 4 is 23.1 Å². The van der Waals surface area contributed by atoms with Crippen LogP contribution in [0.4, 0.5) is 0 Å². The van der Waals surface area contributed by atoms with Crippen LogP contribution >= 0.6 is 12.2 Å². The molecule has 1 aromatic rings. The molecule has 0 aromatic heterocycles. The van der Waals surface area contributed by atoms with Crippen molar-refractivity contribution in [2.45, 2.75) is 31.7 Å². The van der Waals surface area contributed by atoms with Crippen LogP contribution in [0, 0.1) is 0 Å². The summed E-state index contributed by atoms with van der Waals surface area (Å²) in [5.74, 6) is 0.181. The number of carbonyl (C=O) groups excluding carboxylic acids is 1. The van der Waals surface area contributed by atoms with Crippen molar-refractivity contribution in [3.63, 3.8) is 0 Å². The molecule has 2 N–H and O–H groups in total. The van der Waals surface area contributed by atoms with Gasteiger partial charge in [-0.2, -0.15) is 0 Å². The molecular formula is C14H18N2OS. The Morgan fingerprint density at radius 2 is 2.00 bits per heavy atom. The molecule has 0 radical (unpaired) electrons. The predicted octanol–water partition coefficient (Wildman–Crippen LogP) is 1.90. The van der Waals surface area contributed by atoms with Crippen LogP contribution in [0.5, 0.6) is 0 Å². The summed E-state index contributed by atoms with van der Waals surface area (Å²) in [5, 5.41) is 0. The quantitative estimate of drug-likeness (QED) is 0.796. The van der Waals surface area contributed by atoms with Crippen LogP contribution in [0.15, 0.2) is 30.3 Å². The number of hydrogen-bond acceptors (Lipinski definition) is 2. The summed E-state index contributed by atoms with van der Waals surface area (Å²) in [6, 6.07) is 10.3. The van der Waals surface area contributed by atoms with Crippen molar-refractivity contribution in [2.75, 3.05) is 6.54 Å². The smallest absolute Gasteiger partial charge is 0.227 e. The van der Waals surface area contributed by atoms with Crippen molar-refractivity contribution in [1.82, 2.24) is 4.90 Å². The Morgan fingerprint density at radius 3 is 2.56 bits per heavy atom. The molecule has 0 aliphatic heterocycles. The molecule has 1 saturated carbocycles. The summed E-state index contributed by atoms with van der Waals surface area (Å²) in [6.07, 6.45) is 3.30. The van der Waals surface area contributed by atoms with Crippen molar-refractivity contribution in [2.24, 2.45) is 5.73 Å². The van der Waals surface area contributed by atoms with Crippen molar-refractivity contribution in [1.29, 1.82) is 0 Å². The largest absolute Gasteiger partial charge is 0.393 e. The molecule has 0 heterocycles. The summed E-state index contributed by atoms with van der Waals surface area (Å²) in [4.78, 5) is 14.7. The third-order valence-corrected chi connectivity index (χ3v) is 3.31. The number of amides is 1. The van der Waals surface area contributed by atoms with E-state index < -0.39 is 0 Å². The van der Waals surface area contributed by atoms with E-state index in [1.54, 1.807) is 0 Å². The van der Waals surface area contributed by atoms with Gasteiger partial charge in [0.1, 0.15) is 0 Å². The molecule has 1 amide bonds. The van der Waals surface area contributed by atoms with Gasteiger partial charge in [-0.05, 0) is 18.4 Å². The molecule has 0 bridgehead atoms. The maximum atomic E-state index is 12.2. The van der Waals surface area contributed by atoms with Gasteiger partial charge in [0.2, 0.25) is 5.91 Å². The van der Waals surface area contributed by atoms with Gasteiger partial charge in [-0.25, -0.2) is 0 Å². The van der Waals surface area contributed by atoms with E-state index in [1.165, 1.54) is 0 Å². The van der Waals surface area contributed by atoms with Crippen molar-refractivity contribution in [3.05, 3.63) is 35.9 Å². The molecule has 1 aliphatic carbocycles. The van der Waals surface area contributed by atoms with E-state index in [9.17, 15) is 4.79 Å². The number of nitrogens with zero attached hydrogens (tertiary/aromatic N) is 1. The Morgan fingerprint density at radius 1 is 1.33 bits per heavy atom. The van der Waals surface area contributed by atoms with Gasteiger partial charge in [-0.15, -0.1) is 0 Å². The fourth-order valence-electron chi connectivity index (χ4n) is 2.00. The molecule has 18 heavy (non-hydrogen) atoms. The first-order valence-corrected chi connectivity index (χ1v) is 6.69. The van der Waals surface area contributed by atoms with Crippen LogP contribution < -0.4 is 5.73 Å². The zero-order chi connectivity index (χ0) is 13.0. The lowest BCUT2D eigenvalue weighted by molar-refractivity contribution is -0.130. The van der Waals surface area contributed by atoms with E-state index in [4.69, 9.17) is 18.0 Å². The van der Waals surface area contributed by atoms with E-state index in [0.717, 1.165) is 18.4 Å². The Balaban J connectivity index is 1.93. The molecule has 0 spiro atoms. The first-order valence-electron chi connectivity index (χ1n) is 6.28. The van der Waals surface area contributed by atoms with Crippen LogP contribution in [0.3, 0.4) is 0 Å². The number of nitrogens with two attached hydrogens (primary N) is 1. The van der Waals surface area contributed by atoms with Crippen molar-refractivity contribution < 1.29 is 4.79 Å². The molecule has 0 saturated heterocycles. The Kier molecular flexibility index (Phi) is 4.31. The van der Waals surface area contributed by atoms with Gasteiger partial charge < -0.3 is 10.6 Å². The molecule has 96 valence electrons. The summed E-state index contributed by atoms with van der Waals surface area (Å²) in [5.41, 5.74) is 6.57. The molecule has 4 heteroatoms. The summed E-state index contributed by atoms with van der Waals surface area (Å²) >= 11 is 4.88. The summed E-state index contributed by atoms with van der Waals surface area (Å²) < 4.78 is 0. The minimum absolute atomic E-state index is 0.181. The van der Waals surface area contributed by atoms with Crippen LogP contribution in [0.25, 0.3) is 0 Å². The molecule has 1 aliphatic rings. The summed E-state index contributed by atoms with van der Waals surface area (Å²) in [6.45, 7) is 0.658. The van der Waals surface area contributed by atoms with Gasteiger partial charge in [0.05, 0.1) is 11.4 Å². The zero-order valence-electron chi connectivity index (χ0n) is 10.3. The molecule has 0 atom stereocenters. The van der Waals surface area contributed by atoms with E-state index >= 15 is 0 Å². The number of rotatable bonds is 6. The first kappa shape index (κ1) is 13.0. The van der Waals surface area contributed by atoms with Gasteiger partial charge in [0.15, 0.2) is 0 Å². The van der Waals surface area contributed by atoms with Crippen molar-refractivity contribution in [3.8, 4) is 0 Å². The Bertz CT molecular complexity index is 429. The van der Waals surface area contributed by atoms with Crippen LogP contribution in [-0.4, -0.2) is 28.4 Å². The Hall–Kier alpha value is -1.42. The standard InChI is InChI=1S/C14H18N2OS/c15-13(18)8-9-16(12-6-7-12)14(17)10-11-4-2-1-3-5-11/h1-5,12H,6-10H2,(H2,15,18). The number of hydrogen-bond donors (Lipinski definition) is 1. The highest BCUT2D eigenvalue weighted by Crippen LogP contribution is 2.27. The monoisotopic (exact) mass is 262 g/mol. The lowest BCUT2D eigenvalue weighted by Gasteiger charge is -2.22. The average Bonchev–Trinajstić information content (AvgIpc) is 3.14. The third-order valence-electron chi connectivity index (χ3n) is 3.11. The number of thiocarbonyl (C=S) groups is 1. The second kappa shape index (κ2) is 5.96. The van der Waals surface area contributed by atoms with E-state index in [0.29, 0.717) is 30.4 Å². The predicted molar refractivity (Wildman–Crippen MR) is 76.3 cm³/mol. The average molecular weight is 262 g/mol. The van der Waals surface area contributed by atoms with Gasteiger partial charge in [0.25, 0.3) is 0 Å². The molecule has 0 unspecified atom stereocenters. The molecule has 2 rings (SSSR count). The van der Waals surface area contributed by atoms with Crippen LogP contribution in [0.2, 0.25) is 0 Å². The van der Waals surface area contributed by atoms with E-state index in [1.807, 2.05) is 35.2 Å². The lowest BCUT2D eigenvalue weighted by Crippen LogP contribution is -2.36. The van der Waals surface area contributed by atoms with E-state index in [2.05, 4.69) is 0 Å². The fraction of sp³-hybridized carbons (Fsp3) is 0.429. The van der Waals surface area contributed by atoms with Gasteiger partial charge in [-0.1, -0.05) is 42.5 Å². The molecule has 1 aromatic carbocycles. The number of benzene rings is 1. The minimum atomic E-state index is 0.181. The van der Waals surface area contributed by atoms with Crippen LogP contribution in [-0.2, 0) is 11.2 Å². The Labute approximate surface area is 113 Å². The van der Waals surface area contributed by atoms with Gasteiger partial charge in [0, 0.05) is 19.0 Å². The highest BCUT2D eigenvalue weighted by molar-refractivity contribution is 7.80. The maximum absolute atomic E-state index is 12.2. The topological polar surface area (TPSA) is 46.3 Å². The number of carbonyl (C=O) groups is 1. The van der Waals surface area contributed by atoms with Crippen LogP contribution in [0.1, 0.15) is 24.8 Å². The fourth-order valence-corrected chi connectivity index (χ4v) is 2.09. The molecule has 3 nitrogen and oxygen atoms in total. The zero-order valence-corrected chi connectivity index (χ0v) is 11.2. The maximum Gasteiger partial charge on any atom is 0.227 e. The molecule has 1 fully saturated rings. The van der Waals surface area contributed by atoms with E-state index in [-0.39, 0.29) is 5.91 Å². The normalized spacial score (nSPS) is 14.2. The molecular weight excluding hydrogens is 244 g/mol. The van der Waals surface area contributed by atoms with Gasteiger partial charge in [-0.3, -0.25) is 4.79 Å². The third kappa shape index (κ3) is 3.81. The second-order valence-electron chi connectivity index (χ2n) is 4.70. The van der Waals surface area contributed by atoms with Gasteiger partial charge >= 0.3 is 0 Å². The highest BCUT2D eigenvalue weighted by Gasteiger charge is 2.31. The summed E-state index contributed by atoms with van der Waals surface area (Å²) in [7, 11) is 0. The minimum Gasteiger partial charge on any atom is -0.393 e. The second-order valence-corrected chi connectivity index (χ2v) is 5.22.